The summed E-state index contributed by atoms with van der Waals surface area (Å²) in [6.45, 7) is 3.81. The van der Waals surface area contributed by atoms with E-state index in [1.807, 2.05) is 13.8 Å². The van der Waals surface area contributed by atoms with E-state index in [1.165, 1.54) is 11.3 Å². The molecule has 1 aromatic heterocycles. The van der Waals surface area contributed by atoms with Crippen molar-refractivity contribution >= 4 is 11.3 Å². The van der Waals surface area contributed by atoms with E-state index in [9.17, 15) is 4.39 Å². The lowest BCUT2D eigenvalue weighted by Gasteiger charge is -2.55. The summed E-state index contributed by atoms with van der Waals surface area (Å²) in [5.41, 5.74) is 6.00. The van der Waals surface area contributed by atoms with Gasteiger partial charge in [0.1, 0.15) is 5.67 Å². The van der Waals surface area contributed by atoms with Gasteiger partial charge in [0.25, 0.3) is 0 Å². The Hall–Kier alpha value is -0.480. The molecule has 1 aliphatic rings. The zero-order valence-corrected chi connectivity index (χ0v) is 9.27. The predicted octanol–water partition coefficient (Wildman–Crippen LogP) is 2.15. The zero-order valence-electron chi connectivity index (χ0n) is 8.46. The Morgan fingerprint density at radius 2 is 2.43 bits per heavy atom. The molecule has 1 aliphatic carbocycles. The second-order valence-corrected chi connectivity index (χ2v) is 5.61. The number of nitrogens with zero attached hydrogens (tertiary/aromatic N) is 1. The molecule has 0 spiro atoms. The molecule has 2 atom stereocenters. The molecule has 1 fully saturated rings. The molecule has 0 radical (unpaired) electrons. The fourth-order valence-corrected chi connectivity index (χ4v) is 2.66. The molecular formula is C10H15FN2S. The molecule has 2 N–H and O–H groups in total. The smallest absolute Gasteiger partial charge is 0.123 e. The molecule has 2 rings (SSSR count). The molecule has 0 bridgehead atoms. The van der Waals surface area contributed by atoms with Crippen LogP contribution in [0.5, 0.6) is 0 Å². The Morgan fingerprint density at radius 1 is 1.71 bits per heavy atom. The molecule has 0 saturated heterocycles. The summed E-state index contributed by atoms with van der Waals surface area (Å²) in [7, 11) is 0. The molecule has 78 valence electrons. The molecule has 4 heteroatoms. The van der Waals surface area contributed by atoms with E-state index in [0.29, 0.717) is 12.8 Å². The van der Waals surface area contributed by atoms with Gasteiger partial charge < -0.3 is 5.73 Å². The molecule has 1 saturated carbocycles. The second kappa shape index (κ2) is 3.00. The lowest BCUT2D eigenvalue weighted by atomic mass is 9.55. The number of hydrogen-bond donors (Lipinski definition) is 1. The number of aromatic nitrogens is 1. The largest absolute Gasteiger partial charge is 0.327 e. The van der Waals surface area contributed by atoms with Gasteiger partial charge in [-0.2, -0.15) is 0 Å². The van der Waals surface area contributed by atoms with Gasteiger partial charge in [0.2, 0.25) is 0 Å². The van der Waals surface area contributed by atoms with Crippen molar-refractivity contribution in [3.05, 3.63) is 16.6 Å². The van der Waals surface area contributed by atoms with Gasteiger partial charge in [0.05, 0.1) is 5.51 Å². The molecule has 0 aromatic carbocycles. The quantitative estimate of drug-likeness (QED) is 0.819. The summed E-state index contributed by atoms with van der Waals surface area (Å²) in [5.74, 6) is 0. The highest BCUT2D eigenvalue weighted by Gasteiger charge is 2.59. The van der Waals surface area contributed by atoms with Crippen LogP contribution in [-0.4, -0.2) is 16.7 Å². The van der Waals surface area contributed by atoms with Gasteiger partial charge in [-0.3, -0.25) is 4.98 Å². The van der Waals surface area contributed by atoms with Gasteiger partial charge in [-0.25, -0.2) is 4.39 Å². The minimum Gasteiger partial charge on any atom is -0.327 e. The number of rotatable bonds is 2. The van der Waals surface area contributed by atoms with Crippen LogP contribution < -0.4 is 5.73 Å². The number of nitrogens with two attached hydrogens (primary N) is 1. The Labute approximate surface area is 87.3 Å². The maximum Gasteiger partial charge on any atom is 0.123 e. The first-order valence-electron chi connectivity index (χ1n) is 4.77. The van der Waals surface area contributed by atoms with Gasteiger partial charge in [-0.15, -0.1) is 11.3 Å². The average Bonchev–Trinajstić information content (AvgIpc) is 2.56. The van der Waals surface area contributed by atoms with Crippen molar-refractivity contribution in [1.82, 2.24) is 4.98 Å². The van der Waals surface area contributed by atoms with Crippen LogP contribution in [0.2, 0.25) is 0 Å². The maximum atomic E-state index is 14.4. The lowest BCUT2D eigenvalue weighted by Crippen LogP contribution is -2.65. The Balaban J connectivity index is 2.12. The van der Waals surface area contributed by atoms with E-state index >= 15 is 0 Å². The summed E-state index contributed by atoms with van der Waals surface area (Å²) >= 11 is 1.51. The van der Waals surface area contributed by atoms with Crippen molar-refractivity contribution in [2.24, 2.45) is 11.1 Å². The Morgan fingerprint density at radius 3 is 2.86 bits per heavy atom. The maximum absolute atomic E-state index is 14.4. The van der Waals surface area contributed by atoms with Gasteiger partial charge in [-0.1, -0.05) is 13.8 Å². The van der Waals surface area contributed by atoms with E-state index in [1.54, 1.807) is 11.7 Å². The van der Waals surface area contributed by atoms with Crippen molar-refractivity contribution in [1.29, 1.82) is 0 Å². The van der Waals surface area contributed by atoms with E-state index < -0.39 is 11.1 Å². The van der Waals surface area contributed by atoms with E-state index in [-0.39, 0.29) is 6.04 Å². The number of halogens is 1. The van der Waals surface area contributed by atoms with Crippen molar-refractivity contribution in [2.45, 2.75) is 38.4 Å². The number of hydrogen-bond acceptors (Lipinski definition) is 3. The van der Waals surface area contributed by atoms with Gasteiger partial charge >= 0.3 is 0 Å². The summed E-state index contributed by atoms with van der Waals surface area (Å²) in [6, 6.07) is -0.0135. The van der Waals surface area contributed by atoms with Crippen LogP contribution in [-0.2, 0) is 6.42 Å². The molecule has 0 aliphatic heterocycles. The van der Waals surface area contributed by atoms with Crippen molar-refractivity contribution in [3.8, 4) is 0 Å². The third-order valence-electron chi connectivity index (χ3n) is 3.56. The zero-order chi connectivity index (χ0) is 10.4. The predicted molar refractivity (Wildman–Crippen MR) is 56.0 cm³/mol. The van der Waals surface area contributed by atoms with Gasteiger partial charge in [0.15, 0.2) is 0 Å². The minimum atomic E-state index is -1.14. The van der Waals surface area contributed by atoms with E-state index in [0.717, 1.165) is 4.88 Å². The first-order chi connectivity index (χ1) is 6.46. The average molecular weight is 214 g/mol. The topological polar surface area (TPSA) is 38.9 Å². The third-order valence-corrected chi connectivity index (χ3v) is 4.34. The van der Waals surface area contributed by atoms with Crippen LogP contribution in [0.1, 0.15) is 25.1 Å². The first-order valence-corrected chi connectivity index (χ1v) is 5.65. The summed E-state index contributed by atoms with van der Waals surface area (Å²) < 4.78 is 14.4. The van der Waals surface area contributed by atoms with Crippen LogP contribution in [0.15, 0.2) is 11.7 Å². The van der Waals surface area contributed by atoms with E-state index in [4.69, 9.17) is 5.73 Å². The summed E-state index contributed by atoms with van der Waals surface area (Å²) in [6.07, 6.45) is 2.67. The number of thiazole rings is 1. The van der Waals surface area contributed by atoms with Crippen molar-refractivity contribution in [2.75, 3.05) is 0 Å². The van der Waals surface area contributed by atoms with Crippen molar-refractivity contribution in [3.63, 3.8) is 0 Å². The monoisotopic (exact) mass is 214 g/mol. The fraction of sp³-hybridized carbons (Fsp3) is 0.700. The first kappa shape index (κ1) is 10.1. The Kier molecular flexibility index (Phi) is 2.16. The highest BCUT2D eigenvalue weighted by molar-refractivity contribution is 7.09. The summed E-state index contributed by atoms with van der Waals surface area (Å²) in [5, 5.41) is 0. The highest BCUT2D eigenvalue weighted by Crippen LogP contribution is 2.53. The lowest BCUT2D eigenvalue weighted by molar-refractivity contribution is -0.1000. The molecule has 2 nitrogen and oxygen atoms in total. The molecule has 1 heterocycles. The van der Waals surface area contributed by atoms with Crippen LogP contribution in [0, 0.1) is 5.41 Å². The fourth-order valence-electron chi connectivity index (χ4n) is 1.97. The minimum absolute atomic E-state index is 0.0135. The van der Waals surface area contributed by atoms with Crippen LogP contribution in [0.3, 0.4) is 0 Å². The van der Waals surface area contributed by atoms with Crippen molar-refractivity contribution < 1.29 is 4.39 Å². The van der Waals surface area contributed by atoms with Crippen LogP contribution in [0.4, 0.5) is 4.39 Å². The standard InChI is InChI=1S/C10H15FN2S/c1-9(2)8(12)4-10(9,11)3-7-5-13-6-14-7/h5-6,8H,3-4,12H2,1-2H3. The molecule has 2 unspecified atom stereocenters. The SMILES string of the molecule is CC1(C)C(N)CC1(F)Cc1cncs1. The third kappa shape index (κ3) is 1.28. The van der Waals surface area contributed by atoms with Crippen LogP contribution >= 0.6 is 11.3 Å². The number of alkyl halides is 1. The normalized spacial score (nSPS) is 35.3. The van der Waals surface area contributed by atoms with Crippen LogP contribution in [0.25, 0.3) is 0 Å². The Bertz CT molecular complexity index is 323. The molecular weight excluding hydrogens is 199 g/mol. The second-order valence-electron chi connectivity index (χ2n) is 4.64. The molecule has 14 heavy (non-hydrogen) atoms. The van der Waals surface area contributed by atoms with E-state index in [2.05, 4.69) is 4.98 Å². The van der Waals surface area contributed by atoms with Gasteiger partial charge in [-0.05, 0) is 6.42 Å². The highest BCUT2D eigenvalue weighted by atomic mass is 32.1. The van der Waals surface area contributed by atoms with Gasteiger partial charge in [0, 0.05) is 29.0 Å². The summed E-state index contributed by atoms with van der Waals surface area (Å²) in [4.78, 5) is 4.96. The molecule has 1 aromatic rings. The molecule has 0 amide bonds.